The van der Waals surface area contributed by atoms with Crippen molar-refractivity contribution in [1.82, 2.24) is 4.90 Å². The molecule has 58 valence electrons. The van der Waals surface area contributed by atoms with Crippen molar-refractivity contribution >= 4 is 0 Å². The van der Waals surface area contributed by atoms with Crippen LogP contribution in [0.4, 0.5) is 4.39 Å². The number of nitrogens with zero attached hydrogens (tertiary/aromatic N) is 1. The lowest BCUT2D eigenvalue weighted by Crippen LogP contribution is -2.23. The minimum atomic E-state index is 0.571. The molecule has 0 aromatic heterocycles. The fourth-order valence-corrected chi connectivity index (χ4v) is 1.51. The van der Waals surface area contributed by atoms with Gasteiger partial charge in [0.25, 0.3) is 0 Å². The summed E-state index contributed by atoms with van der Waals surface area (Å²) in [7, 11) is 2.05. The molecule has 0 N–H and O–H groups in total. The van der Waals surface area contributed by atoms with Crippen LogP contribution in [0.5, 0.6) is 0 Å². The molecular weight excluding hydrogens is 129 g/mol. The molecule has 1 aliphatic rings. The quantitative estimate of drug-likeness (QED) is 0.542. The zero-order valence-electron chi connectivity index (χ0n) is 6.60. The highest BCUT2D eigenvalue weighted by Crippen LogP contribution is 2.22. The Hall–Kier alpha value is -0.370. The van der Waals surface area contributed by atoms with Crippen LogP contribution in [0, 0.1) is 0 Å². The van der Waals surface area contributed by atoms with E-state index in [2.05, 4.69) is 11.8 Å². The molecule has 1 saturated heterocycles. The lowest BCUT2D eigenvalue weighted by Gasteiger charge is -2.15. The van der Waals surface area contributed by atoms with Crippen molar-refractivity contribution in [2.75, 3.05) is 13.6 Å². The standard InChI is InChI=1S/C8H14FN/c1-3-8-4-7(5-9)6-10(8)2/h5,8H,3-4,6H2,1-2H3/b7-5+. The summed E-state index contributed by atoms with van der Waals surface area (Å²) in [5, 5.41) is 0. The summed E-state index contributed by atoms with van der Waals surface area (Å²) in [5.41, 5.74) is 0.939. The summed E-state index contributed by atoms with van der Waals surface area (Å²) in [6, 6.07) is 0.571. The molecule has 0 aliphatic carbocycles. The molecule has 1 rings (SSSR count). The normalized spacial score (nSPS) is 31.9. The Bertz CT molecular complexity index is 142. The third-order valence-electron chi connectivity index (χ3n) is 2.20. The van der Waals surface area contributed by atoms with Crippen LogP contribution in [0.3, 0.4) is 0 Å². The molecule has 1 unspecified atom stereocenters. The number of hydrogen-bond acceptors (Lipinski definition) is 1. The highest BCUT2D eigenvalue weighted by molar-refractivity contribution is 5.09. The molecule has 1 fully saturated rings. The van der Waals surface area contributed by atoms with E-state index in [-0.39, 0.29) is 0 Å². The summed E-state index contributed by atoms with van der Waals surface area (Å²) >= 11 is 0. The molecule has 1 aliphatic heterocycles. The Balaban J connectivity index is 2.52. The van der Waals surface area contributed by atoms with E-state index in [1.165, 1.54) is 0 Å². The van der Waals surface area contributed by atoms with Crippen LogP contribution in [-0.4, -0.2) is 24.5 Å². The van der Waals surface area contributed by atoms with Crippen LogP contribution in [0.25, 0.3) is 0 Å². The van der Waals surface area contributed by atoms with E-state index in [1.807, 2.05) is 7.05 Å². The second-order valence-corrected chi connectivity index (χ2v) is 2.95. The Morgan fingerprint density at radius 2 is 2.50 bits per heavy atom. The van der Waals surface area contributed by atoms with E-state index in [9.17, 15) is 4.39 Å². The largest absolute Gasteiger partial charge is 0.299 e. The Morgan fingerprint density at radius 1 is 1.80 bits per heavy atom. The van der Waals surface area contributed by atoms with Crippen LogP contribution < -0.4 is 0 Å². The lowest BCUT2D eigenvalue weighted by atomic mass is 10.1. The Morgan fingerprint density at radius 3 is 2.80 bits per heavy atom. The predicted octanol–water partition coefficient (Wildman–Crippen LogP) is 1.95. The van der Waals surface area contributed by atoms with Gasteiger partial charge in [-0.3, -0.25) is 4.90 Å². The zero-order valence-corrected chi connectivity index (χ0v) is 6.60. The number of likely N-dealkylation sites (tertiary alicyclic amines) is 1. The summed E-state index contributed by atoms with van der Waals surface area (Å²) in [6.45, 7) is 2.96. The van der Waals surface area contributed by atoms with E-state index >= 15 is 0 Å². The fraction of sp³-hybridized carbons (Fsp3) is 0.750. The van der Waals surface area contributed by atoms with Crippen molar-refractivity contribution in [1.29, 1.82) is 0 Å². The Kier molecular flexibility index (Phi) is 2.44. The average molecular weight is 143 g/mol. The molecule has 2 heteroatoms. The van der Waals surface area contributed by atoms with Crippen molar-refractivity contribution in [3.05, 3.63) is 11.9 Å². The van der Waals surface area contributed by atoms with Gasteiger partial charge in [0.05, 0.1) is 6.33 Å². The fourth-order valence-electron chi connectivity index (χ4n) is 1.51. The number of rotatable bonds is 1. The molecule has 0 amide bonds. The van der Waals surface area contributed by atoms with Gasteiger partial charge in [-0.2, -0.15) is 0 Å². The molecule has 1 nitrogen and oxygen atoms in total. The van der Waals surface area contributed by atoms with Gasteiger partial charge in [0.1, 0.15) is 0 Å². The molecule has 0 saturated carbocycles. The smallest absolute Gasteiger partial charge is 0.0872 e. The molecule has 0 aromatic carbocycles. The maximum Gasteiger partial charge on any atom is 0.0872 e. The summed E-state index contributed by atoms with van der Waals surface area (Å²) < 4.78 is 12.0. The molecule has 10 heavy (non-hydrogen) atoms. The number of likely N-dealkylation sites (N-methyl/N-ethyl adjacent to an activating group) is 1. The van der Waals surface area contributed by atoms with Crippen molar-refractivity contribution < 1.29 is 4.39 Å². The monoisotopic (exact) mass is 143 g/mol. The SMILES string of the molecule is CCC1C/C(=C\F)CN1C. The van der Waals surface area contributed by atoms with Gasteiger partial charge in [-0.1, -0.05) is 6.92 Å². The van der Waals surface area contributed by atoms with E-state index in [4.69, 9.17) is 0 Å². The molecule has 0 spiro atoms. The first-order valence-electron chi connectivity index (χ1n) is 3.76. The van der Waals surface area contributed by atoms with Crippen LogP contribution >= 0.6 is 0 Å². The van der Waals surface area contributed by atoms with Crippen LogP contribution in [0.15, 0.2) is 11.9 Å². The second-order valence-electron chi connectivity index (χ2n) is 2.95. The van der Waals surface area contributed by atoms with Crippen molar-refractivity contribution in [3.63, 3.8) is 0 Å². The summed E-state index contributed by atoms with van der Waals surface area (Å²) in [4.78, 5) is 2.20. The van der Waals surface area contributed by atoms with Gasteiger partial charge in [-0.25, -0.2) is 4.39 Å². The molecule has 0 bridgehead atoms. The van der Waals surface area contributed by atoms with Crippen LogP contribution in [0.2, 0.25) is 0 Å². The third-order valence-corrected chi connectivity index (χ3v) is 2.20. The minimum absolute atomic E-state index is 0.571. The summed E-state index contributed by atoms with van der Waals surface area (Å²) in [6.07, 6.45) is 2.80. The van der Waals surface area contributed by atoms with E-state index in [0.29, 0.717) is 6.04 Å². The molecule has 1 heterocycles. The minimum Gasteiger partial charge on any atom is -0.299 e. The predicted molar refractivity (Wildman–Crippen MR) is 40.5 cm³/mol. The average Bonchev–Trinajstić information content (AvgIpc) is 2.30. The zero-order chi connectivity index (χ0) is 7.56. The highest BCUT2D eigenvalue weighted by atomic mass is 19.1. The van der Waals surface area contributed by atoms with Crippen LogP contribution in [-0.2, 0) is 0 Å². The van der Waals surface area contributed by atoms with Gasteiger partial charge in [-0.05, 0) is 25.5 Å². The first-order chi connectivity index (χ1) is 4.77. The highest BCUT2D eigenvalue weighted by Gasteiger charge is 2.22. The van der Waals surface area contributed by atoms with Gasteiger partial charge in [0, 0.05) is 12.6 Å². The lowest BCUT2D eigenvalue weighted by molar-refractivity contribution is 0.305. The molecular formula is C8H14FN. The van der Waals surface area contributed by atoms with Crippen molar-refractivity contribution in [2.45, 2.75) is 25.8 Å². The molecule has 1 atom stereocenters. The molecule has 0 aromatic rings. The summed E-state index contributed by atoms with van der Waals surface area (Å²) in [5.74, 6) is 0. The van der Waals surface area contributed by atoms with E-state index in [0.717, 1.165) is 31.3 Å². The maximum absolute atomic E-state index is 12.0. The van der Waals surface area contributed by atoms with Crippen molar-refractivity contribution in [2.24, 2.45) is 0 Å². The van der Waals surface area contributed by atoms with Gasteiger partial charge >= 0.3 is 0 Å². The second kappa shape index (κ2) is 3.15. The van der Waals surface area contributed by atoms with Gasteiger partial charge in [0.2, 0.25) is 0 Å². The van der Waals surface area contributed by atoms with Crippen molar-refractivity contribution in [3.8, 4) is 0 Å². The number of hydrogen-bond donors (Lipinski definition) is 0. The van der Waals surface area contributed by atoms with Gasteiger partial charge < -0.3 is 0 Å². The van der Waals surface area contributed by atoms with Gasteiger partial charge in [0.15, 0.2) is 0 Å². The molecule has 0 radical (unpaired) electrons. The maximum atomic E-state index is 12.0. The van der Waals surface area contributed by atoms with E-state index in [1.54, 1.807) is 0 Å². The first kappa shape index (κ1) is 7.73. The van der Waals surface area contributed by atoms with E-state index < -0.39 is 0 Å². The first-order valence-corrected chi connectivity index (χ1v) is 3.76. The number of halogens is 1. The Labute approximate surface area is 61.5 Å². The van der Waals surface area contributed by atoms with Crippen LogP contribution in [0.1, 0.15) is 19.8 Å². The third kappa shape index (κ3) is 1.37. The topological polar surface area (TPSA) is 3.24 Å². The van der Waals surface area contributed by atoms with Gasteiger partial charge in [-0.15, -0.1) is 0 Å².